The van der Waals surface area contributed by atoms with Crippen molar-refractivity contribution in [1.82, 2.24) is 14.8 Å². The van der Waals surface area contributed by atoms with Crippen LogP contribution < -0.4 is 10.1 Å². The summed E-state index contributed by atoms with van der Waals surface area (Å²) in [5.41, 5.74) is 3.63. The van der Waals surface area contributed by atoms with Crippen LogP contribution in [-0.4, -0.2) is 33.5 Å². The molecule has 30 heavy (non-hydrogen) atoms. The van der Waals surface area contributed by atoms with Crippen LogP contribution in [0.25, 0.3) is 16.8 Å². The van der Waals surface area contributed by atoms with E-state index in [0.717, 1.165) is 22.5 Å². The first-order valence-electron chi connectivity index (χ1n) is 9.37. The molecule has 4 aromatic rings. The number of hydrogen-bond donors (Lipinski definition) is 1. The van der Waals surface area contributed by atoms with Crippen molar-refractivity contribution in [3.63, 3.8) is 0 Å². The molecule has 0 aliphatic heterocycles. The lowest BCUT2D eigenvalue weighted by Crippen LogP contribution is -2.15. The van der Waals surface area contributed by atoms with Gasteiger partial charge in [0.05, 0.1) is 18.6 Å². The Labute approximate surface area is 178 Å². The fourth-order valence-electron chi connectivity index (χ4n) is 3.09. The number of hydrogen-bond acceptors (Lipinski definition) is 5. The van der Waals surface area contributed by atoms with E-state index in [9.17, 15) is 4.79 Å². The van der Waals surface area contributed by atoms with Gasteiger partial charge in [-0.2, -0.15) is 0 Å². The number of nitrogens with one attached hydrogen (secondary N) is 1. The van der Waals surface area contributed by atoms with E-state index in [0.29, 0.717) is 10.9 Å². The normalized spacial score (nSPS) is 10.6. The number of methoxy groups -OCH3 is 1. The lowest BCUT2D eigenvalue weighted by atomic mass is 10.0. The zero-order valence-electron chi connectivity index (χ0n) is 16.4. The highest BCUT2D eigenvalue weighted by atomic mass is 32.2. The van der Waals surface area contributed by atoms with Gasteiger partial charge >= 0.3 is 0 Å². The van der Waals surface area contributed by atoms with Gasteiger partial charge in [-0.1, -0.05) is 72.4 Å². The topological polar surface area (TPSA) is 69.0 Å². The Morgan fingerprint density at radius 1 is 1.00 bits per heavy atom. The first-order valence-corrected chi connectivity index (χ1v) is 10.4. The van der Waals surface area contributed by atoms with Gasteiger partial charge < -0.3 is 10.1 Å². The fraction of sp³-hybridized carbons (Fsp3) is 0.0870. The molecule has 1 amide bonds. The maximum absolute atomic E-state index is 12.6. The average molecular weight is 417 g/mol. The lowest BCUT2D eigenvalue weighted by Gasteiger charge is -2.12. The molecule has 0 fully saturated rings. The van der Waals surface area contributed by atoms with E-state index in [1.54, 1.807) is 13.4 Å². The minimum Gasteiger partial charge on any atom is -0.495 e. The number of thioether (sulfide) groups is 1. The zero-order valence-corrected chi connectivity index (χ0v) is 17.2. The third-order valence-electron chi connectivity index (χ3n) is 4.48. The van der Waals surface area contributed by atoms with Gasteiger partial charge in [-0.05, 0) is 23.8 Å². The van der Waals surface area contributed by atoms with Gasteiger partial charge in [0.25, 0.3) is 0 Å². The van der Waals surface area contributed by atoms with Crippen LogP contribution in [0.1, 0.15) is 0 Å². The van der Waals surface area contributed by atoms with Gasteiger partial charge in [0, 0.05) is 11.3 Å². The van der Waals surface area contributed by atoms with Crippen molar-refractivity contribution in [2.75, 3.05) is 18.2 Å². The third-order valence-corrected chi connectivity index (χ3v) is 5.42. The standard InChI is InChI=1S/C23H20N4O2S/c1-29-21-14-8-7-13-20(21)27-16-24-26-23(27)30-15-22(28)25-19-12-6-5-11-18(19)17-9-3-2-4-10-17/h2-14,16H,15H2,1H3,(H,25,28). The average Bonchev–Trinajstić information content (AvgIpc) is 3.27. The van der Waals surface area contributed by atoms with Crippen LogP contribution in [0.2, 0.25) is 0 Å². The first kappa shape index (κ1) is 19.7. The van der Waals surface area contributed by atoms with Gasteiger partial charge in [-0.15, -0.1) is 10.2 Å². The maximum Gasteiger partial charge on any atom is 0.234 e. The summed E-state index contributed by atoms with van der Waals surface area (Å²) in [5, 5.41) is 11.8. The molecule has 1 heterocycles. The Balaban J connectivity index is 1.47. The summed E-state index contributed by atoms with van der Waals surface area (Å²) in [6.45, 7) is 0. The molecule has 1 N–H and O–H groups in total. The Hall–Kier alpha value is -3.58. The van der Waals surface area contributed by atoms with Crippen molar-refractivity contribution in [2.45, 2.75) is 5.16 Å². The van der Waals surface area contributed by atoms with Crippen molar-refractivity contribution in [3.05, 3.63) is 85.2 Å². The Bertz CT molecular complexity index is 1140. The third kappa shape index (κ3) is 4.36. The summed E-state index contributed by atoms with van der Waals surface area (Å²) < 4.78 is 7.23. The van der Waals surface area contributed by atoms with Crippen molar-refractivity contribution in [1.29, 1.82) is 0 Å². The molecule has 0 bridgehead atoms. The summed E-state index contributed by atoms with van der Waals surface area (Å²) in [4.78, 5) is 12.6. The van der Waals surface area contributed by atoms with E-state index in [1.807, 2.05) is 83.4 Å². The monoisotopic (exact) mass is 416 g/mol. The molecule has 0 aliphatic rings. The molecule has 0 aliphatic carbocycles. The molecule has 0 radical (unpaired) electrons. The molecule has 0 unspecified atom stereocenters. The summed E-state index contributed by atoms with van der Waals surface area (Å²) in [5.74, 6) is 0.801. The molecule has 4 rings (SSSR count). The number of amides is 1. The number of anilines is 1. The van der Waals surface area contributed by atoms with E-state index in [-0.39, 0.29) is 11.7 Å². The van der Waals surface area contributed by atoms with Crippen LogP contribution in [-0.2, 0) is 4.79 Å². The molecular formula is C23H20N4O2S. The van der Waals surface area contributed by atoms with Crippen molar-refractivity contribution in [3.8, 4) is 22.6 Å². The maximum atomic E-state index is 12.6. The summed E-state index contributed by atoms with van der Waals surface area (Å²) in [7, 11) is 1.62. The van der Waals surface area contributed by atoms with Crippen LogP contribution in [0.5, 0.6) is 5.75 Å². The number of nitrogens with zero attached hydrogens (tertiary/aromatic N) is 3. The van der Waals surface area contributed by atoms with E-state index >= 15 is 0 Å². The van der Waals surface area contributed by atoms with Crippen LogP contribution in [0.15, 0.2) is 90.3 Å². The number of para-hydroxylation sites is 3. The van der Waals surface area contributed by atoms with Crippen molar-refractivity contribution < 1.29 is 9.53 Å². The van der Waals surface area contributed by atoms with Gasteiger partial charge in [0.15, 0.2) is 5.16 Å². The van der Waals surface area contributed by atoms with Crippen molar-refractivity contribution in [2.24, 2.45) is 0 Å². The molecule has 6 nitrogen and oxygen atoms in total. The predicted octanol–water partition coefficient (Wildman–Crippen LogP) is 4.67. The number of carbonyl (C=O) groups is 1. The molecular weight excluding hydrogens is 396 g/mol. The molecule has 1 aromatic heterocycles. The molecule has 7 heteroatoms. The largest absolute Gasteiger partial charge is 0.495 e. The molecule has 0 saturated heterocycles. The zero-order chi connectivity index (χ0) is 20.8. The van der Waals surface area contributed by atoms with Crippen LogP contribution >= 0.6 is 11.8 Å². The lowest BCUT2D eigenvalue weighted by molar-refractivity contribution is -0.113. The van der Waals surface area contributed by atoms with Crippen LogP contribution in [0.3, 0.4) is 0 Å². The van der Waals surface area contributed by atoms with Gasteiger partial charge in [-0.3, -0.25) is 9.36 Å². The minimum absolute atomic E-state index is 0.113. The quantitative estimate of drug-likeness (QED) is 0.443. The highest BCUT2D eigenvalue weighted by Gasteiger charge is 2.14. The second-order valence-corrected chi connectivity index (χ2v) is 7.35. The molecule has 0 saturated carbocycles. The Morgan fingerprint density at radius 3 is 2.57 bits per heavy atom. The van der Waals surface area contributed by atoms with Crippen LogP contribution in [0.4, 0.5) is 5.69 Å². The minimum atomic E-state index is -0.113. The smallest absolute Gasteiger partial charge is 0.234 e. The van der Waals surface area contributed by atoms with E-state index in [2.05, 4.69) is 15.5 Å². The summed E-state index contributed by atoms with van der Waals surface area (Å²) in [6.07, 6.45) is 1.61. The number of benzene rings is 3. The molecule has 0 atom stereocenters. The number of rotatable bonds is 7. The molecule has 150 valence electrons. The first-order chi connectivity index (χ1) is 14.8. The van der Waals surface area contributed by atoms with Gasteiger partial charge in [-0.25, -0.2) is 0 Å². The van der Waals surface area contributed by atoms with Gasteiger partial charge in [0.2, 0.25) is 5.91 Å². The van der Waals surface area contributed by atoms with E-state index < -0.39 is 0 Å². The highest BCUT2D eigenvalue weighted by Crippen LogP contribution is 2.29. The second kappa shape index (κ2) is 9.28. The Kier molecular flexibility index (Phi) is 6.10. The van der Waals surface area contributed by atoms with E-state index in [4.69, 9.17) is 4.74 Å². The van der Waals surface area contributed by atoms with Crippen molar-refractivity contribution >= 4 is 23.4 Å². The SMILES string of the molecule is COc1ccccc1-n1cnnc1SCC(=O)Nc1ccccc1-c1ccccc1. The molecule has 0 spiro atoms. The Morgan fingerprint density at radius 2 is 1.73 bits per heavy atom. The van der Waals surface area contributed by atoms with Gasteiger partial charge in [0.1, 0.15) is 12.1 Å². The number of aromatic nitrogens is 3. The number of carbonyl (C=O) groups excluding carboxylic acids is 1. The molecule has 3 aromatic carbocycles. The highest BCUT2D eigenvalue weighted by molar-refractivity contribution is 7.99. The summed E-state index contributed by atoms with van der Waals surface area (Å²) in [6, 6.07) is 25.4. The van der Waals surface area contributed by atoms with Crippen LogP contribution in [0, 0.1) is 0 Å². The predicted molar refractivity (Wildman–Crippen MR) is 119 cm³/mol. The second-order valence-electron chi connectivity index (χ2n) is 6.40. The summed E-state index contributed by atoms with van der Waals surface area (Å²) >= 11 is 1.32. The van der Waals surface area contributed by atoms with E-state index in [1.165, 1.54) is 11.8 Å². The fourth-order valence-corrected chi connectivity index (χ4v) is 3.82. The number of ether oxygens (including phenoxy) is 1.